The summed E-state index contributed by atoms with van der Waals surface area (Å²) >= 11 is 0. The summed E-state index contributed by atoms with van der Waals surface area (Å²) in [5.74, 6) is 3.53. The van der Waals surface area contributed by atoms with E-state index in [0.29, 0.717) is 17.5 Å². The minimum atomic E-state index is -0.700. The van der Waals surface area contributed by atoms with Gasteiger partial charge in [-0.05, 0) is 63.0 Å². The average molecular weight is 767 g/mol. The zero-order valence-corrected chi connectivity index (χ0v) is 32.3. The maximum atomic E-state index is 6.71. The van der Waals surface area contributed by atoms with Crippen molar-refractivity contribution in [3.8, 4) is 79.2 Å². The van der Waals surface area contributed by atoms with Crippen molar-refractivity contribution in [3.63, 3.8) is 0 Å². The molecule has 0 atom stereocenters. The molecule has 3 heterocycles. The van der Waals surface area contributed by atoms with Crippen LogP contribution in [0.4, 0.5) is 0 Å². The number of nitrogens with zero attached hydrogens (tertiary/aromatic N) is 4. The van der Waals surface area contributed by atoms with E-state index in [1.165, 1.54) is 5.56 Å². The summed E-state index contributed by atoms with van der Waals surface area (Å²) < 4.78 is 6.71. The fourth-order valence-corrected chi connectivity index (χ4v) is 9.53. The number of pyridine rings is 1. The molecule has 0 amide bonds. The lowest BCUT2D eigenvalue weighted by atomic mass is 9.66. The third-order valence-electron chi connectivity index (χ3n) is 12.0. The summed E-state index contributed by atoms with van der Waals surface area (Å²) in [6.45, 7) is 0. The summed E-state index contributed by atoms with van der Waals surface area (Å²) in [5, 5.41) is 2.28. The van der Waals surface area contributed by atoms with E-state index in [-0.39, 0.29) is 0 Å². The zero-order chi connectivity index (χ0) is 39.6. The number of hydrogen-bond acceptors (Lipinski definition) is 5. The molecule has 0 radical (unpaired) electrons. The molecule has 1 aliphatic carbocycles. The number of fused-ring (bicyclic) bond motifs is 10. The van der Waals surface area contributed by atoms with Gasteiger partial charge in [0.2, 0.25) is 0 Å². The van der Waals surface area contributed by atoms with Gasteiger partial charge < -0.3 is 4.74 Å². The lowest BCUT2D eigenvalue weighted by Gasteiger charge is -2.39. The number of hydrogen-bond donors (Lipinski definition) is 0. The van der Waals surface area contributed by atoms with Crippen molar-refractivity contribution in [3.05, 3.63) is 229 Å². The highest BCUT2D eigenvalue weighted by molar-refractivity contribution is 6.03. The van der Waals surface area contributed by atoms with Crippen molar-refractivity contribution in [2.24, 2.45) is 0 Å². The first-order valence-corrected chi connectivity index (χ1v) is 20.2. The molecule has 5 heteroatoms. The van der Waals surface area contributed by atoms with E-state index < -0.39 is 5.41 Å². The Balaban J connectivity index is 1.18. The molecular weight excluding hydrogens is 733 g/mol. The number of ether oxygens (including phenoxy) is 1. The van der Waals surface area contributed by atoms with Crippen LogP contribution in [0.2, 0.25) is 0 Å². The molecule has 2 aliphatic rings. The van der Waals surface area contributed by atoms with E-state index in [4.69, 9.17) is 24.7 Å². The van der Waals surface area contributed by atoms with Crippen LogP contribution in [-0.4, -0.2) is 19.9 Å². The maximum absolute atomic E-state index is 6.71. The summed E-state index contributed by atoms with van der Waals surface area (Å²) in [4.78, 5) is 20.6. The molecule has 60 heavy (non-hydrogen) atoms. The third kappa shape index (κ3) is 5.12. The molecule has 0 saturated carbocycles. The molecule has 12 rings (SSSR count). The number of benzene rings is 8. The van der Waals surface area contributed by atoms with Gasteiger partial charge in [0.05, 0.1) is 11.1 Å². The lowest BCUT2D eigenvalue weighted by molar-refractivity contribution is 0.436. The molecule has 1 aliphatic heterocycles. The van der Waals surface area contributed by atoms with Gasteiger partial charge in [0.1, 0.15) is 11.5 Å². The van der Waals surface area contributed by atoms with E-state index in [1.807, 2.05) is 42.6 Å². The molecule has 0 saturated heterocycles. The summed E-state index contributed by atoms with van der Waals surface area (Å²) in [7, 11) is 0. The van der Waals surface area contributed by atoms with Crippen molar-refractivity contribution in [1.82, 2.24) is 19.9 Å². The quantitative estimate of drug-likeness (QED) is 0.175. The smallest absolute Gasteiger partial charge is 0.164 e. The van der Waals surface area contributed by atoms with Crippen molar-refractivity contribution in [2.45, 2.75) is 5.41 Å². The van der Waals surface area contributed by atoms with Gasteiger partial charge in [0.15, 0.2) is 17.5 Å². The van der Waals surface area contributed by atoms with E-state index in [0.717, 1.165) is 89.2 Å². The summed E-state index contributed by atoms with van der Waals surface area (Å²) in [5.41, 5.74) is 13.1. The minimum Gasteiger partial charge on any atom is -0.457 e. The Hall–Kier alpha value is -8.02. The standard InChI is InChI=1S/C55H34N4O/c1-3-17-36(18-4-1)52-57-53(37-19-5-2-6-20-37)59-54(58-52)42-25-15-29-46-50(42)49-40(38-21-13-22-39(34-38)51-41-23-8-7-16-35(41)32-33-56-51)24-14-28-45(49)55(46)43-26-9-11-30-47(43)60-48-31-12-10-27-44(48)55/h1-34H. The van der Waals surface area contributed by atoms with Gasteiger partial charge in [0.25, 0.3) is 0 Å². The summed E-state index contributed by atoms with van der Waals surface area (Å²) in [6.07, 6.45) is 1.90. The molecule has 0 unspecified atom stereocenters. The van der Waals surface area contributed by atoms with Crippen LogP contribution in [0.15, 0.2) is 206 Å². The van der Waals surface area contributed by atoms with Crippen molar-refractivity contribution in [2.75, 3.05) is 0 Å². The highest BCUT2D eigenvalue weighted by atomic mass is 16.5. The van der Waals surface area contributed by atoms with Crippen LogP contribution in [-0.2, 0) is 5.41 Å². The Labute approximate surface area is 347 Å². The van der Waals surface area contributed by atoms with Crippen LogP contribution in [0.3, 0.4) is 0 Å². The Morgan fingerprint density at radius 3 is 1.55 bits per heavy atom. The molecule has 8 aromatic carbocycles. The van der Waals surface area contributed by atoms with Crippen LogP contribution in [0.1, 0.15) is 22.3 Å². The van der Waals surface area contributed by atoms with Gasteiger partial charge >= 0.3 is 0 Å². The van der Waals surface area contributed by atoms with E-state index in [2.05, 4.69) is 164 Å². The van der Waals surface area contributed by atoms with Crippen LogP contribution >= 0.6 is 0 Å². The van der Waals surface area contributed by atoms with Crippen molar-refractivity contribution in [1.29, 1.82) is 0 Å². The van der Waals surface area contributed by atoms with Crippen LogP contribution in [0, 0.1) is 0 Å². The first-order valence-electron chi connectivity index (χ1n) is 20.2. The second-order valence-electron chi connectivity index (χ2n) is 15.3. The molecule has 1 spiro atoms. The van der Waals surface area contributed by atoms with E-state index in [1.54, 1.807) is 0 Å². The minimum absolute atomic E-state index is 0.611. The molecule has 2 aromatic heterocycles. The number of aromatic nitrogens is 4. The fourth-order valence-electron chi connectivity index (χ4n) is 9.53. The highest BCUT2D eigenvalue weighted by Gasteiger charge is 2.52. The molecule has 10 aromatic rings. The second-order valence-corrected chi connectivity index (χ2v) is 15.3. The van der Waals surface area contributed by atoms with Gasteiger partial charge in [0, 0.05) is 45.0 Å². The average Bonchev–Trinajstić information content (AvgIpc) is 3.63. The molecule has 0 fully saturated rings. The van der Waals surface area contributed by atoms with E-state index in [9.17, 15) is 0 Å². The maximum Gasteiger partial charge on any atom is 0.164 e. The lowest BCUT2D eigenvalue weighted by Crippen LogP contribution is -2.32. The molecular formula is C55H34N4O. The topological polar surface area (TPSA) is 60.8 Å². The third-order valence-corrected chi connectivity index (χ3v) is 12.0. The van der Waals surface area contributed by atoms with Crippen molar-refractivity contribution >= 4 is 10.8 Å². The molecule has 0 bridgehead atoms. The van der Waals surface area contributed by atoms with Gasteiger partial charge in [-0.2, -0.15) is 0 Å². The first-order chi connectivity index (χ1) is 29.8. The predicted octanol–water partition coefficient (Wildman–Crippen LogP) is 13.2. The fraction of sp³-hybridized carbons (Fsp3) is 0.0182. The van der Waals surface area contributed by atoms with Crippen LogP contribution in [0.5, 0.6) is 11.5 Å². The SMILES string of the molecule is c1ccc(-c2nc(-c3ccccc3)nc(-c3cccc4c3-c3c(-c5cccc(-c6nccc7ccccc67)c5)cccc3C43c4ccccc4Oc4ccccc43)n2)cc1. The Morgan fingerprint density at radius 2 is 0.867 bits per heavy atom. The highest BCUT2D eigenvalue weighted by Crippen LogP contribution is 2.64. The summed E-state index contributed by atoms with van der Waals surface area (Å²) in [6, 6.07) is 70.0. The molecule has 5 nitrogen and oxygen atoms in total. The van der Waals surface area contributed by atoms with Gasteiger partial charge in [-0.25, -0.2) is 15.0 Å². The predicted molar refractivity (Wildman–Crippen MR) is 240 cm³/mol. The van der Waals surface area contributed by atoms with E-state index >= 15 is 0 Å². The Kier molecular flexibility index (Phi) is 7.69. The van der Waals surface area contributed by atoms with Gasteiger partial charge in [-0.15, -0.1) is 0 Å². The number of rotatable bonds is 5. The zero-order valence-electron chi connectivity index (χ0n) is 32.3. The first kappa shape index (κ1) is 34.1. The number of para-hydroxylation sites is 2. The largest absolute Gasteiger partial charge is 0.457 e. The van der Waals surface area contributed by atoms with Gasteiger partial charge in [-0.1, -0.05) is 176 Å². The van der Waals surface area contributed by atoms with Gasteiger partial charge in [-0.3, -0.25) is 4.98 Å². The molecule has 280 valence electrons. The Morgan fingerprint density at radius 1 is 0.367 bits per heavy atom. The van der Waals surface area contributed by atoms with Crippen molar-refractivity contribution < 1.29 is 4.74 Å². The monoisotopic (exact) mass is 766 g/mol. The van der Waals surface area contributed by atoms with Crippen LogP contribution in [0.25, 0.3) is 78.4 Å². The molecule has 0 N–H and O–H groups in total. The second kappa shape index (κ2) is 13.5. The Bertz CT molecular complexity index is 3200. The van der Waals surface area contributed by atoms with Crippen LogP contribution < -0.4 is 4.74 Å². The normalized spacial score (nSPS) is 12.9.